The van der Waals surface area contributed by atoms with Crippen molar-refractivity contribution in [1.29, 1.82) is 0 Å². The van der Waals surface area contributed by atoms with E-state index in [1.165, 1.54) is 44.9 Å². The Labute approximate surface area is 202 Å². The second-order valence-corrected chi connectivity index (χ2v) is 14.3. The van der Waals surface area contributed by atoms with Gasteiger partial charge in [-0.1, -0.05) is 53.9 Å². The quantitative estimate of drug-likeness (QED) is 0.416. The summed E-state index contributed by atoms with van der Waals surface area (Å²) < 4.78 is 38.5. The predicted molar refractivity (Wildman–Crippen MR) is 131 cm³/mol. The van der Waals surface area contributed by atoms with Crippen LogP contribution in [0.25, 0.3) is 0 Å². The zero-order valence-corrected chi connectivity index (χ0v) is 22.3. The van der Waals surface area contributed by atoms with Crippen LogP contribution in [0.5, 0.6) is 0 Å². The van der Waals surface area contributed by atoms with E-state index in [4.69, 9.17) is 4.18 Å². The SMILES string of the molecule is CC(C)CCC[C@@H](C)[C@H]1CC[C@H]2[C@@H]3C[C@H](OS(=O)(=O)O)[C@H]4C[C@@H](O)CC[C@]4(C)[C@H]3CC[C@]12C. The van der Waals surface area contributed by atoms with E-state index in [1.54, 1.807) is 0 Å². The Morgan fingerprint density at radius 1 is 0.909 bits per heavy atom. The molecule has 4 aliphatic carbocycles. The second kappa shape index (κ2) is 9.37. The first kappa shape index (κ1) is 25.9. The zero-order chi connectivity index (χ0) is 24.2. The third-order valence-corrected chi connectivity index (χ3v) is 11.6. The molecule has 0 saturated heterocycles. The molecule has 0 heterocycles. The highest BCUT2D eigenvalue weighted by Gasteiger charge is 2.63. The van der Waals surface area contributed by atoms with Crippen LogP contribution < -0.4 is 0 Å². The Morgan fingerprint density at radius 3 is 2.24 bits per heavy atom. The van der Waals surface area contributed by atoms with Crippen LogP contribution >= 0.6 is 0 Å². The molecule has 4 rings (SSSR count). The van der Waals surface area contributed by atoms with Gasteiger partial charge in [0.1, 0.15) is 0 Å². The molecule has 4 fully saturated rings. The maximum atomic E-state index is 11.8. The molecule has 0 unspecified atom stereocenters. The van der Waals surface area contributed by atoms with Crippen molar-refractivity contribution in [2.75, 3.05) is 0 Å². The summed E-state index contributed by atoms with van der Waals surface area (Å²) in [6.07, 6.45) is 11.0. The Bertz CT molecular complexity index is 796. The molecular formula is C27H48O5S. The smallest absolute Gasteiger partial charge is 0.393 e. The van der Waals surface area contributed by atoms with Gasteiger partial charge in [0.15, 0.2) is 0 Å². The highest BCUT2D eigenvalue weighted by molar-refractivity contribution is 7.80. The van der Waals surface area contributed by atoms with Crippen LogP contribution in [0.4, 0.5) is 0 Å². The molecule has 0 aromatic carbocycles. The monoisotopic (exact) mass is 484 g/mol. The minimum Gasteiger partial charge on any atom is -0.393 e. The molecule has 5 nitrogen and oxygen atoms in total. The van der Waals surface area contributed by atoms with E-state index < -0.39 is 22.6 Å². The Balaban J connectivity index is 1.57. The topological polar surface area (TPSA) is 83.8 Å². The van der Waals surface area contributed by atoms with Crippen molar-refractivity contribution in [2.24, 2.45) is 52.3 Å². The molecule has 4 saturated carbocycles. The van der Waals surface area contributed by atoms with Gasteiger partial charge >= 0.3 is 10.4 Å². The number of rotatable bonds is 7. The van der Waals surface area contributed by atoms with E-state index in [2.05, 4.69) is 34.6 Å². The van der Waals surface area contributed by atoms with E-state index in [1.807, 2.05) is 0 Å². The number of hydrogen-bond acceptors (Lipinski definition) is 4. The van der Waals surface area contributed by atoms with E-state index in [-0.39, 0.29) is 11.3 Å². The summed E-state index contributed by atoms with van der Waals surface area (Å²) in [6, 6.07) is 0. The minimum atomic E-state index is -4.52. The average Bonchev–Trinajstić information content (AvgIpc) is 3.05. The van der Waals surface area contributed by atoms with E-state index in [9.17, 15) is 18.1 Å². The summed E-state index contributed by atoms with van der Waals surface area (Å²) in [5.74, 6) is 3.84. The van der Waals surface area contributed by atoms with Crippen LogP contribution in [0.3, 0.4) is 0 Å². The Hall–Kier alpha value is -0.170. The Morgan fingerprint density at radius 2 is 1.58 bits per heavy atom. The highest BCUT2D eigenvalue weighted by atomic mass is 32.3. The Kier molecular flexibility index (Phi) is 7.35. The summed E-state index contributed by atoms with van der Waals surface area (Å²) in [7, 11) is -4.52. The van der Waals surface area contributed by atoms with Crippen LogP contribution in [-0.4, -0.2) is 30.3 Å². The van der Waals surface area contributed by atoms with Gasteiger partial charge in [0.25, 0.3) is 0 Å². The summed E-state index contributed by atoms with van der Waals surface area (Å²) in [6.45, 7) is 11.9. The number of hydrogen-bond donors (Lipinski definition) is 2. The van der Waals surface area contributed by atoms with Gasteiger partial charge in [-0.15, -0.1) is 0 Å². The second-order valence-electron chi connectivity index (χ2n) is 13.2. The molecule has 0 aliphatic heterocycles. The number of aliphatic hydroxyl groups is 1. The maximum absolute atomic E-state index is 11.8. The van der Waals surface area contributed by atoms with E-state index in [0.29, 0.717) is 36.0 Å². The molecule has 4 aliphatic rings. The van der Waals surface area contributed by atoms with Crippen molar-refractivity contribution >= 4 is 10.4 Å². The lowest BCUT2D eigenvalue weighted by Gasteiger charge is -2.62. The van der Waals surface area contributed by atoms with Gasteiger partial charge in [-0.05, 0) is 104 Å². The van der Waals surface area contributed by atoms with Gasteiger partial charge in [0.2, 0.25) is 0 Å². The molecule has 0 amide bonds. The van der Waals surface area contributed by atoms with Crippen LogP contribution in [0.2, 0.25) is 0 Å². The van der Waals surface area contributed by atoms with Crippen molar-refractivity contribution in [3.05, 3.63) is 0 Å². The van der Waals surface area contributed by atoms with Crippen LogP contribution in [-0.2, 0) is 14.6 Å². The van der Waals surface area contributed by atoms with Crippen molar-refractivity contribution in [3.8, 4) is 0 Å². The predicted octanol–water partition coefficient (Wildman–Crippen LogP) is 6.27. The normalized spacial score (nSPS) is 46.5. The fourth-order valence-electron chi connectivity index (χ4n) is 9.53. The highest BCUT2D eigenvalue weighted by Crippen LogP contribution is 2.68. The first-order valence-electron chi connectivity index (χ1n) is 13.7. The summed E-state index contributed by atoms with van der Waals surface area (Å²) in [5.41, 5.74) is 0.290. The standard InChI is InChI=1S/C27H48O5S/c1-17(2)7-6-8-18(3)21-9-10-22-20-16-25(32-33(29,30)31)24-15-19(28)11-13-27(24,5)23(20)12-14-26(21,22)4/h17-25,28H,6-16H2,1-5H3,(H,29,30,31)/t18-,19+,20+,21-,22+,23+,24-,25+,26-,27-/m1/s1. The van der Waals surface area contributed by atoms with Gasteiger partial charge in [-0.2, -0.15) is 8.42 Å². The molecule has 6 heteroatoms. The molecule has 0 aromatic rings. The molecule has 10 atom stereocenters. The molecule has 192 valence electrons. The van der Waals surface area contributed by atoms with Gasteiger partial charge in [0.05, 0.1) is 12.2 Å². The molecular weight excluding hydrogens is 436 g/mol. The maximum Gasteiger partial charge on any atom is 0.397 e. The molecule has 0 radical (unpaired) electrons. The molecule has 2 N–H and O–H groups in total. The van der Waals surface area contributed by atoms with Crippen LogP contribution in [0.15, 0.2) is 0 Å². The fraction of sp³-hybridized carbons (Fsp3) is 1.00. The lowest BCUT2D eigenvalue weighted by molar-refractivity contribution is -0.166. The number of fused-ring (bicyclic) bond motifs is 5. The molecule has 33 heavy (non-hydrogen) atoms. The van der Waals surface area contributed by atoms with Crippen molar-refractivity contribution in [1.82, 2.24) is 0 Å². The average molecular weight is 485 g/mol. The third-order valence-electron chi connectivity index (χ3n) is 11.1. The molecule has 0 bridgehead atoms. The van der Waals surface area contributed by atoms with E-state index in [0.717, 1.165) is 30.6 Å². The molecule has 0 aromatic heterocycles. The van der Waals surface area contributed by atoms with Crippen LogP contribution in [0, 0.1) is 52.3 Å². The number of aliphatic hydroxyl groups excluding tert-OH is 1. The zero-order valence-electron chi connectivity index (χ0n) is 21.5. The van der Waals surface area contributed by atoms with Gasteiger partial charge < -0.3 is 5.11 Å². The summed E-state index contributed by atoms with van der Waals surface area (Å²) >= 11 is 0. The van der Waals surface area contributed by atoms with Gasteiger partial charge in [0, 0.05) is 0 Å². The summed E-state index contributed by atoms with van der Waals surface area (Å²) in [4.78, 5) is 0. The summed E-state index contributed by atoms with van der Waals surface area (Å²) in [5, 5.41) is 10.4. The van der Waals surface area contributed by atoms with Crippen LogP contribution in [0.1, 0.15) is 105 Å². The fourth-order valence-corrected chi connectivity index (χ4v) is 10.1. The van der Waals surface area contributed by atoms with E-state index >= 15 is 0 Å². The molecule has 0 spiro atoms. The lowest BCUT2D eigenvalue weighted by atomic mass is 9.43. The van der Waals surface area contributed by atoms with Crippen molar-refractivity contribution < 1.29 is 22.3 Å². The van der Waals surface area contributed by atoms with Gasteiger partial charge in [-0.3, -0.25) is 4.55 Å². The minimum absolute atomic E-state index is 0.0130. The van der Waals surface area contributed by atoms with Crippen molar-refractivity contribution in [2.45, 2.75) is 117 Å². The first-order valence-corrected chi connectivity index (χ1v) is 15.1. The first-order chi connectivity index (χ1) is 15.3. The lowest BCUT2D eigenvalue weighted by Crippen LogP contribution is -2.59. The van der Waals surface area contributed by atoms with Crippen molar-refractivity contribution in [3.63, 3.8) is 0 Å². The third kappa shape index (κ3) is 4.93. The van der Waals surface area contributed by atoms with Gasteiger partial charge in [-0.25, -0.2) is 4.18 Å². The largest absolute Gasteiger partial charge is 0.397 e.